The molecule has 3 aromatic rings. The van der Waals surface area contributed by atoms with Gasteiger partial charge in [-0.1, -0.05) is 18.2 Å². The van der Waals surface area contributed by atoms with E-state index < -0.39 is 20.0 Å². The Labute approximate surface area is 173 Å². The van der Waals surface area contributed by atoms with Gasteiger partial charge in [0.25, 0.3) is 20.0 Å². The van der Waals surface area contributed by atoms with Gasteiger partial charge in [0.05, 0.1) is 30.5 Å². The van der Waals surface area contributed by atoms with E-state index in [9.17, 15) is 16.8 Å². The summed E-state index contributed by atoms with van der Waals surface area (Å²) in [5.41, 5.74) is 0.260. The van der Waals surface area contributed by atoms with Crippen LogP contribution >= 0.6 is 11.3 Å². The molecule has 154 valence electrons. The van der Waals surface area contributed by atoms with Gasteiger partial charge in [-0.15, -0.1) is 11.3 Å². The summed E-state index contributed by atoms with van der Waals surface area (Å²) < 4.78 is 66.0. The van der Waals surface area contributed by atoms with Gasteiger partial charge in [0.15, 0.2) is 0 Å². The number of ether oxygens (including phenoxy) is 2. The molecule has 0 unspecified atom stereocenters. The molecule has 11 heteroatoms. The lowest BCUT2D eigenvalue weighted by Crippen LogP contribution is -2.16. The molecule has 0 amide bonds. The molecule has 0 spiro atoms. The number of hydrogen-bond donors (Lipinski definition) is 2. The minimum Gasteiger partial charge on any atom is -0.495 e. The van der Waals surface area contributed by atoms with E-state index in [0.29, 0.717) is 5.75 Å². The Balaban J connectivity index is 1.97. The van der Waals surface area contributed by atoms with E-state index in [4.69, 9.17) is 9.47 Å². The maximum absolute atomic E-state index is 12.8. The molecule has 0 bridgehead atoms. The van der Waals surface area contributed by atoms with Crippen LogP contribution in [0.5, 0.6) is 11.5 Å². The summed E-state index contributed by atoms with van der Waals surface area (Å²) in [6.45, 7) is 0. The SMILES string of the molecule is COc1ccccc1NS(=O)(=O)c1ccc(OC)c(NS(=O)(=O)c2cccs2)c1. The third-order valence-electron chi connectivity index (χ3n) is 3.84. The molecule has 0 aliphatic rings. The summed E-state index contributed by atoms with van der Waals surface area (Å²) in [4.78, 5) is -0.145. The zero-order valence-corrected chi connectivity index (χ0v) is 17.9. The number of sulfonamides is 2. The Morgan fingerprint density at radius 3 is 2.07 bits per heavy atom. The predicted octanol–water partition coefficient (Wildman–Crippen LogP) is 3.37. The first-order valence-corrected chi connectivity index (χ1v) is 12.0. The molecule has 0 saturated carbocycles. The summed E-state index contributed by atoms with van der Waals surface area (Å²) >= 11 is 1.04. The van der Waals surface area contributed by atoms with Crippen molar-refractivity contribution >= 4 is 42.8 Å². The van der Waals surface area contributed by atoms with Crippen molar-refractivity contribution in [1.29, 1.82) is 0 Å². The molecule has 8 nitrogen and oxygen atoms in total. The number of benzene rings is 2. The average Bonchev–Trinajstić information content (AvgIpc) is 3.24. The molecule has 0 radical (unpaired) electrons. The van der Waals surface area contributed by atoms with Gasteiger partial charge in [0.1, 0.15) is 15.7 Å². The van der Waals surface area contributed by atoms with Crippen molar-refractivity contribution in [3.8, 4) is 11.5 Å². The minimum atomic E-state index is -4.02. The number of nitrogens with one attached hydrogen (secondary N) is 2. The largest absolute Gasteiger partial charge is 0.495 e. The van der Waals surface area contributed by atoms with E-state index in [1.807, 2.05) is 0 Å². The van der Waals surface area contributed by atoms with Crippen molar-refractivity contribution in [3.05, 3.63) is 60.0 Å². The first-order chi connectivity index (χ1) is 13.8. The van der Waals surface area contributed by atoms with Gasteiger partial charge in [0.2, 0.25) is 0 Å². The summed E-state index contributed by atoms with van der Waals surface area (Å²) in [6, 6.07) is 13.5. The molecular weight excluding hydrogens is 436 g/mol. The summed E-state index contributed by atoms with van der Waals surface area (Å²) in [7, 11) is -5.11. The summed E-state index contributed by atoms with van der Waals surface area (Å²) in [5, 5.41) is 1.63. The molecule has 0 aliphatic heterocycles. The summed E-state index contributed by atoms with van der Waals surface area (Å²) in [6.07, 6.45) is 0. The van der Waals surface area contributed by atoms with Crippen molar-refractivity contribution in [2.24, 2.45) is 0 Å². The Morgan fingerprint density at radius 1 is 0.759 bits per heavy atom. The summed E-state index contributed by atoms with van der Waals surface area (Å²) in [5.74, 6) is 0.532. The Bertz CT molecular complexity index is 1210. The molecule has 3 rings (SSSR count). The van der Waals surface area contributed by atoms with E-state index in [2.05, 4.69) is 9.44 Å². The van der Waals surface area contributed by atoms with Gasteiger partial charge in [-0.3, -0.25) is 9.44 Å². The Morgan fingerprint density at radius 2 is 1.41 bits per heavy atom. The van der Waals surface area contributed by atoms with E-state index >= 15 is 0 Å². The average molecular weight is 455 g/mol. The van der Waals surface area contributed by atoms with Crippen molar-refractivity contribution in [1.82, 2.24) is 0 Å². The molecule has 29 heavy (non-hydrogen) atoms. The van der Waals surface area contributed by atoms with Gasteiger partial charge >= 0.3 is 0 Å². The number of para-hydroxylation sites is 2. The second kappa shape index (κ2) is 8.31. The number of methoxy groups -OCH3 is 2. The Hall–Kier alpha value is -2.76. The number of rotatable bonds is 8. The first-order valence-electron chi connectivity index (χ1n) is 8.17. The van der Waals surface area contributed by atoms with Crippen molar-refractivity contribution in [2.75, 3.05) is 23.7 Å². The fourth-order valence-electron chi connectivity index (χ4n) is 2.48. The quantitative estimate of drug-likeness (QED) is 0.540. The second-order valence-corrected chi connectivity index (χ2v) is 10.2. The number of thiophene rings is 1. The molecule has 0 fully saturated rings. The molecule has 0 aliphatic carbocycles. The third-order valence-corrected chi connectivity index (χ3v) is 7.96. The van der Waals surface area contributed by atoms with Crippen LogP contribution in [0.15, 0.2) is 69.1 Å². The van der Waals surface area contributed by atoms with Gasteiger partial charge < -0.3 is 9.47 Å². The van der Waals surface area contributed by atoms with E-state index in [0.717, 1.165) is 11.3 Å². The topological polar surface area (TPSA) is 111 Å². The molecule has 2 aromatic carbocycles. The molecule has 0 atom stereocenters. The number of anilines is 2. The van der Waals surface area contributed by atoms with Crippen LogP contribution in [0.3, 0.4) is 0 Å². The van der Waals surface area contributed by atoms with Crippen LogP contribution in [0.2, 0.25) is 0 Å². The molecular formula is C18H18N2O6S3. The molecule has 2 N–H and O–H groups in total. The lowest BCUT2D eigenvalue weighted by atomic mass is 10.3. The predicted molar refractivity (Wildman–Crippen MR) is 112 cm³/mol. The van der Waals surface area contributed by atoms with Crippen LogP contribution < -0.4 is 18.9 Å². The van der Waals surface area contributed by atoms with Gasteiger partial charge in [0, 0.05) is 0 Å². The first kappa shape index (κ1) is 21.0. The monoisotopic (exact) mass is 454 g/mol. The van der Waals surface area contributed by atoms with Crippen molar-refractivity contribution < 1.29 is 26.3 Å². The highest BCUT2D eigenvalue weighted by Crippen LogP contribution is 2.32. The van der Waals surface area contributed by atoms with Crippen molar-refractivity contribution in [3.63, 3.8) is 0 Å². The highest BCUT2D eigenvalue weighted by molar-refractivity contribution is 7.94. The van der Waals surface area contributed by atoms with Gasteiger partial charge in [-0.2, -0.15) is 0 Å². The highest BCUT2D eigenvalue weighted by Gasteiger charge is 2.22. The zero-order chi connectivity index (χ0) is 21.1. The van der Waals surface area contributed by atoms with Crippen molar-refractivity contribution in [2.45, 2.75) is 9.10 Å². The fourth-order valence-corrected chi connectivity index (χ4v) is 5.63. The fraction of sp³-hybridized carbons (Fsp3) is 0.111. The normalized spacial score (nSPS) is 11.7. The van der Waals surface area contributed by atoms with Crippen LogP contribution in [0.25, 0.3) is 0 Å². The van der Waals surface area contributed by atoms with E-state index in [1.165, 1.54) is 38.5 Å². The molecule has 1 aromatic heterocycles. The molecule has 1 heterocycles. The third kappa shape index (κ3) is 4.63. The van der Waals surface area contributed by atoms with Crippen LogP contribution in [0.1, 0.15) is 0 Å². The maximum atomic E-state index is 12.8. The highest BCUT2D eigenvalue weighted by atomic mass is 32.2. The lowest BCUT2D eigenvalue weighted by molar-refractivity contribution is 0.416. The van der Waals surface area contributed by atoms with Crippen LogP contribution in [0.4, 0.5) is 11.4 Å². The number of hydrogen-bond acceptors (Lipinski definition) is 7. The smallest absolute Gasteiger partial charge is 0.271 e. The van der Waals surface area contributed by atoms with Gasteiger partial charge in [-0.25, -0.2) is 16.8 Å². The van der Waals surface area contributed by atoms with Crippen LogP contribution in [-0.2, 0) is 20.0 Å². The molecule has 0 saturated heterocycles. The van der Waals surface area contributed by atoms with Crippen LogP contribution in [0, 0.1) is 0 Å². The maximum Gasteiger partial charge on any atom is 0.271 e. The van der Waals surface area contributed by atoms with Crippen LogP contribution in [-0.4, -0.2) is 31.1 Å². The zero-order valence-electron chi connectivity index (χ0n) is 15.4. The minimum absolute atomic E-state index is 0.00352. The van der Waals surface area contributed by atoms with E-state index in [1.54, 1.807) is 35.7 Å². The second-order valence-electron chi connectivity index (χ2n) is 5.71. The Kier molecular flexibility index (Phi) is 6.01. The van der Waals surface area contributed by atoms with Gasteiger partial charge in [-0.05, 0) is 41.8 Å². The lowest BCUT2D eigenvalue weighted by Gasteiger charge is -2.15. The standard InChI is InChI=1S/C18H18N2O6S3/c1-25-16-7-4-3-6-14(16)19-28(21,22)13-9-10-17(26-2)15(12-13)20-29(23,24)18-8-5-11-27-18/h3-12,19-20H,1-2H3. The van der Waals surface area contributed by atoms with E-state index in [-0.39, 0.29) is 26.2 Å².